The Balaban J connectivity index is 0.000000774. The molecule has 6 heteroatoms. The summed E-state index contributed by atoms with van der Waals surface area (Å²) in [5, 5.41) is 8.66. The van der Waals surface area contributed by atoms with Crippen molar-refractivity contribution in [3.8, 4) is 0 Å². The quantitative estimate of drug-likeness (QED) is 0.687. The van der Waals surface area contributed by atoms with E-state index in [2.05, 4.69) is 21.1 Å². The van der Waals surface area contributed by atoms with E-state index in [0.29, 0.717) is 18.1 Å². The number of ether oxygens (including phenoxy) is 1. The van der Waals surface area contributed by atoms with Crippen LogP contribution in [0.25, 0.3) is 0 Å². The summed E-state index contributed by atoms with van der Waals surface area (Å²) < 4.78 is 5.19. The predicted octanol–water partition coefficient (Wildman–Crippen LogP) is 0.105. The van der Waals surface area contributed by atoms with E-state index in [1.807, 2.05) is 20.9 Å². The third kappa shape index (κ3) is 4.16. The summed E-state index contributed by atoms with van der Waals surface area (Å²) in [7, 11) is 1.99. The molecule has 3 unspecified atom stereocenters. The van der Waals surface area contributed by atoms with E-state index >= 15 is 0 Å². The van der Waals surface area contributed by atoms with Crippen LogP contribution in [0.5, 0.6) is 0 Å². The van der Waals surface area contributed by atoms with Crippen LogP contribution in [0.3, 0.4) is 0 Å². The number of nitrogens with zero attached hydrogens (tertiary/aromatic N) is 1. The minimum atomic E-state index is 0.0780. The summed E-state index contributed by atoms with van der Waals surface area (Å²) in [6, 6.07) is 1.37. The van der Waals surface area contributed by atoms with Gasteiger partial charge in [-0.05, 0) is 26.3 Å². The van der Waals surface area contributed by atoms with Crippen molar-refractivity contribution in [1.82, 2.24) is 21.1 Å². The van der Waals surface area contributed by atoms with E-state index in [4.69, 9.17) is 4.74 Å². The molecule has 0 aromatic carbocycles. The van der Waals surface area contributed by atoms with E-state index in [0.717, 1.165) is 45.6 Å². The normalized spacial score (nSPS) is 33.2. The molecule has 3 fully saturated rings. The van der Waals surface area contributed by atoms with E-state index in [9.17, 15) is 4.79 Å². The SMILES string of the molecule is CC.CNC1CCC(NC(=O)C2CNN(C3COC3)C2)C1. The van der Waals surface area contributed by atoms with Crippen molar-refractivity contribution in [2.24, 2.45) is 5.92 Å². The maximum atomic E-state index is 12.2. The number of hydrogen-bond donors (Lipinski definition) is 3. The first-order valence-electron chi connectivity index (χ1n) is 8.32. The largest absolute Gasteiger partial charge is 0.378 e. The van der Waals surface area contributed by atoms with Gasteiger partial charge in [0.2, 0.25) is 5.91 Å². The van der Waals surface area contributed by atoms with Gasteiger partial charge >= 0.3 is 0 Å². The van der Waals surface area contributed by atoms with Crippen LogP contribution < -0.4 is 16.1 Å². The standard InChI is InChI=1S/C13H24N4O2.C2H6/c1-14-10-2-3-11(4-10)16-13(18)9-5-15-17(6-9)12-7-19-8-12;1-2/h9-12,14-15H,2-8H2,1H3,(H,16,18);1-2H3. The number of amides is 1. The fourth-order valence-electron chi connectivity index (χ4n) is 3.14. The Kier molecular flexibility index (Phi) is 6.41. The Hall–Kier alpha value is -0.690. The number of carbonyl (C=O) groups is 1. The summed E-state index contributed by atoms with van der Waals surface area (Å²) >= 11 is 0. The van der Waals surface area contributed by atoms with Gasteiger partial charge in [-0.25, -0.2) is 5.01 Å². The smallest absolute Gasteiger partial charge is 0.226 e. The maximum Gasteiger partial charge on any atom is 0.226 e. The molecule has 3 aliphatic rings. The fourth-order valence-corrected chi connectivity index (χ4v) is 3.14. The van der Waals surface area contributed by atoms with Crippen LogP contribution in [-0.4, -0.2) is 62.4 Å². The minimum Gasteiger partial charge on any atom is -0.378 e. The lowest BCUT2D eigenvalue weighted by molar-refractivity contribution is -0.125. The highest BCUT2D eigenvalue weighted by molar-refractivity contribution is 5.79. The molecule has 21 heavy (non-hydrogen) atoms. The average molecular weight is 298 g/mol. The van der Waals surface area contributed by atoms with Crippen LogP contribution in [0.2, 0.25) is 0 Å². The van der Waals surface area contributed by atoms with E-state index in [-0.39, 0.29) is 11.8 Å². The van der Waals surface area contributed by atoms with Gasteiger partial charge < -0.3 is 15.4 Å². The van der Waals surface area contributed by atoms with Gasteiger partial charge in [-0.1, -0.05) is 13.8 Å². The third-order valence-corrected chi connectivity index (χ3v) is 4.58. The summed E-state index contributed by atoms with van der Waals surface area (Å²) in [5.41, 5.74) is 3.31. The van der Waals surface area contributed by atoms with Gasteiger partial charge in [-0.2, -0.15) is 0 Å². The van der Waals surface area contributed by atoms with Crippen LogP contribution in [0.4, 0.5) is 0 Å². The van der Waals surface area contributed by atoms with Crippen LogP contribution in [0, 0.1) is 5.92 Å². The lowest BCUT2D eigenvalue weighted by atomic mass is 10.1. The van der Waals surface area contributed by atoms with Gasteiger partial charge in [0, 0.05) is 25.2 Å². The Morgan fingerprint density at radius 1 is 1.24 bits per heavy atom. The zero-order valence-electron chi connectivity index (χ0n) is 13.5. The Bertz CT molecular complexity index is 336. The molecular formula is C15H30N4O2. The summed E-state index contributed by atoms with van der Waals surface area (Å²) in [5.74, 6) is 0.284. The first kappa shape index (κ1) is 16.7. The first-order valence-corrected chi connectivity index (χ1v) is 8.32. The summed E-state index contributed by atoms with van der Waals surface area (Å²) in [4.78, 5) is 12.2. The monoisotopic (exact) mass is 298 g/mol. The molecule has 0 aromatic heterocycles. The van der Waals surface area contributed by atoms with Crippen molar-refractivity contribution in [1.29, 1.82) is 0 Å². The zero-order chi connectivity index (χ0) is 15.2. The Labute approximate surface area is 127 Å². The number of hydrogen-bond acceptors (Lipinski definition) is 5. The van der Waals surface area contributed by atoms with Gasteiger partial charge in [-0.15, -0.1) is 0 Å². The third-order valence-electron chi connectivity index (χ3n) is 4.58. The molecule has 3 N–H and O–H groups in total. The predicted molar refractivity (Wildman–Crippen MR) is 82.8 cm³/mol. The molecule has 2 saturated heterocycles. The molecule has 2 aliphatic heterocycles. The second-order valence-corrected chi connectivity index (χ2v) is 5.91. The summed E-state index contributed by atoms with van der Waals surface area (Å²) in [6.45, 7) is 7.13. The van der Waals surface area contributed by atoms with Crippen LogP contribution in [-0.2, 0) is 9.53 Å². The van der Waals surface area contributed by atoms with Crippen molar-refractivity contribution < 1.29 is 9.53 Å². The Morgan fingerprint density at radius 2 is 1.95 bits per heavy atom. The lowest BCUT2D eigenvalue weighted by Crippen LogP contribution is -2.52. The van der Waals surface area contributed by atoms with E-state index in [1.54, 1.807) is 0 Å². The minimum absolute atomic E-state index is 0.0780. The van der Waals surface area contributed by atoms with Crippen LogP contribution in [0.1, 0.15) is 33.1 Å². The number of hydrazine groups is 1. The molecule has 3 atom stereocenters. The molecular weight excluding hydrogens is 268 g/mol. The van der Waals surface area contributed by atoms with Gasteiger partial charge in [0.25, 0.3) is 0 Å². The summed E-state index contributed by atoms with van der Waals surface area (Å²) in [6.07, 6.45) is 3.32. The van der Waals surface area contributed by atoms with E-state index < -0.39 is 0 Å². The van der Waals surface area contributed by atoms with Crippen molar-refractivity contribution >= 4 is 5.91 Å². The van der Waals surface area contributed by atoms with Crippen molar-refractivity contribution in [3.63, 3.8) is 0 Å². The van der Waals surface area contributed by atoms with Crippen LogP contribution in [0.15, 0.2) is 0 Å². The maximum absolute atomic E-state index is 12.2. The topological polar surface area (TPSA) is 65.6 Å². The second-order valence-electron chi connectivity index (χ2n) is 5.91. The highest BCUT2D eigenvalue weighted by atomic mass is 16.5. The molecule has 0 aromatic rings. The fraction of sp³-hybridized carbons (Fsp3) is 0.933. The Morgan fingerprint density at radius 3 is 2.52 bits per heavy atom. The molecule has 0 bridgehead atoms. The van der Waals surface area contributed by atoms with Crippen molar-refractivity contribution in [3.05, 3.63) is 0 Å². The number of rotatable bonds is 4. The van der Waals surface area contributed by atoms with Crippen LogP contribution >= 0.6 is 0 Å². The van der Waals surface area contributed by atoms with Gasteiger partial charge in [-0.3, -0.25) is 10.2 Å². The average Bonchev–Trinajstić information content (AvgIpc) is 3.08. The highest BCUT2D eigenvalue weighted by Gasteiger charge is 2.36. The first-order chi connectivity index (χ1) is 10.3. The highest BCUT2D eigenvalue weighted by Crippen LogP contribution is 2.20. The molecule has 1 aliphatic carbocycles. The molecule has 2 heterocycles. The lowest BCUT2D eigenvalue weighted by Gasteiger charge is -2.34. The number of carbonyl (C=O) groups excluding carboxylic acids is 1. The molecule has 0 spiro atoms. The van der Waals surface area contributed by atoms with Crippen molar-refractivity contribution in [2.45, 2.75) is 51.2 Å². The molecule has 3 rings (SSSR count). The van der Waals surface area contributed by atoms with Gasteiger partial charge in [0.1, 0.15) is 0 Å². The second kappa shape index (κ2) is 8.08. The van der Waals surface area contributed by atoms with E-state index in [1.165, 1.54) is 0 Å². The molecule has 1 saturated carbocycles. The zero-order valence-corrected chi connectivity index (χ0v) is 13.5. The molecule has 1 amide bonds. The number of nitrogens with one attached hydrogen (secondary N) is 3. The van der Waals surface area contributed by atoms with Gasteiger partial charge in [0.15, 0.2) is 0 Å². The van der Waals surface area contributed by atoms with Gasteiger partial charge in [0.05, 0.1) is 25.2 Å². The molecule has 0 radical (unpaired) electrons. The van der Waals surface area contributed by atoms with Crippen molar-refractivity contribution in [2.75, 3.05) is 33.4 Å². The molecule has 122 valence electrons. The molecule has 6 nitrogen and oxygen atoms in total.